The molecular weight excluding hydrogens is 289 g/mol. The minimum absolute atomic E-state index is 0.194. The predicted octanol–water partition coefficient (Wildman–Crippen LogP) is 3.13. The lowest BCUT2D eigenvalue weighted by atomic mass is 10.3. The molecule has 0 spiro atoms. The molecule has 1 aromatic carbocycles. The Morgan fingerprint density at radius 2 is 1.86 bits per heavy atom. The molecule has 0 aliphatic rings. The zero-order chi connectivity index (χ0) is 15.9. The molecule has 21 heavy (non-hydrogen) atoms. The van der Waals surface area contributed by atoms with Crippen molar-refractivity contribution in [1.29, 1.82) is 0 Å². The van der Waals surface area contributed by atoms with Gasteiger partial charge >= 0.3 is 12.5 Å². The van der Waals surface area contributed by atoms with Crippen molar-refractivity contribution in [2.24, 2.45) is 0 Å². The second-order valence-electron chi connectivity index (χ2n) is 4.44. The summed E-state index contributed by atoms with van der Waals surface area (Å²) in [6, 6.07) is 5.06. The van der Waals surface area contributed by atoms with Gasteiger partial charge in [-0.3, -0.25) is 5.32 Å². The van der Waals surface area contributed by atoms with Crippen molar-refractivity contribution in [2.75, 3.05) is 18.5 Å². The van der Waals surface area contributed by atoms with Crippen molar-refractivity contribution >= 4 is 11.8 Å². The SMILES string of the molecule is CC(C)NCCOC(=O)Nc1ccc(OC(F)(F)F)cc1. The highest BCUT2D eigenvalue weighted by Gasteiger charge is 2.30. The van der Waals surface area contributed by atoms with E-state index in [9.17, 15) is 18.0 Å². The van der Waals surface area contributed by atoms with Gasteiger partial charge in [-0.1, -0.05) is 13.8 Å². The van der Waals surface area contributed by atoms with Gasteiger partial charge in [-0.2, -0.15) is 0 Å². The quantitative estimate of drug-likeness (QED) is 0.793. The average molecular weight is 306 g/mol. The van der Waals surface area contributed by atoms with E-state index < -0.39 is 12.5 Å². The zero-order valence-electron chi connectivity index (χ0n) is 11.7. The predicted molar refractivity (Wildman–Crippen MR) is 71.2 cm³/mol. The van der Waals surface area contributed by atoms with E-state index in [4.69, 9.17) is 4.74 Å². The lowest BCUT2D eigenvalue weighted by Crippen LogP contribution is -2.28. The number of amides is 1. The first-order valence-corrected chi connectivity index (χ1v) is 6.29. The Labute approximate surface area is 120 Å². The number of benzene rings is 1. The molecule has 0 aromatic heterocycles. The number of ether oxygens (including phenoxy) is 2. The first-order valence-electron chi connectivity index (χ1n) is 6.29. The lowest BCUT2D eigenvalue weighted by molar-refractivity contribution is -0.274. The van der Waals surface area contributed by atoms with Crippen molar-refractivity contribution < 1.29 is 27.4 Å². The molecule has 0 fully saturated rings. The Morgan fingerprint density at radius 1 is 1.24 bits per heavy atom. The number of hydrogen-bond acceptors (Lipinski definition) is 4. The van der Waals surface area contributed by atoms with Crippen LogP contribution >= 0.6 is 0 Å². The summed E-state index contributed by atoms with van der Waals surface area (Å²) >= 11 is 0. The third kappa shape index (κ3) is 8.03. The van der Waals surface area contributed by atoms with Gasteiger partial charge in [0, 0.05) is 18.3 Å². The molecule has 2 N–H and O–H groups in total. The van der Waals surface area contributed by atoms with Crippen molar-refractivity contribution in [1.82, 2.24) is 5.32 Å². The van der Waals surface area contributed by atoms with Crippen LogP contribution in [0.2, 0.25) is 0 Å². The van der Waals surface area contributed by atoms with Crippen molar-refractivity contribution in [2.45, 2.75) is 26.3 Å². The van der Waals surface area contributed by atoms with Gasteiger partial charge in [-0.05, 0) is 24.3 Å². The minimum atomic E-state index is -4.74. The lowest BCUT2D eigenvalue weighted by Gasteiger charge is -2.11. The summed E-state index contributed by atoms with van der Waals surface area (Å²) in [4.78, 5) is 11.4. The van der Waals surface area contributed by atoms with E-state index >= 15 is 0 Å². The number of halogens is 3. The van der Waals surface area contributed by atoms with Gasteiger partial charge in [0.2, 0.25) is 0 Å². The van der Waals surface area contributed by atoms with Crippen LogP contribution in [0.1, 0.15) is 13.8 Å². The summed E-state index contributed by atoms with van der Waals surface area (Å²) in [6.45, 7) is 4.64. The molecule has 1 rings (SSSR count). The molecule has 0 saturated carbocycles. The zero-order valence-corrected chi connectivity index (χ0v) is 11.7. The molecule has 0 bridgehead atoms. The number of hydrogen-bond donors (Lipinski definition) is 2. The van der Waals surface area contributed by atoms with E-state index in [1.165, 1.54) is 12.1 Å². The molecule has 0 unspecified atom stereocenters. The fourth-order valence-corrected chi connectivity index (χ4v) is 1.39. The van der Waals surface area contributed by atoms with Crippen LogP contribution in [0.4, 0.5) is 23.7 Å². The second kappa shape index (κ2) is 7.72. The van der Waals surface area contributed by atoms with Crippen molar-refractivity contribution in [3.63, 3.8) is 0 Å². The Hall–Kier alpha value is -1.96. The molecule has 1 amide bonds. The Kier molecular flexibility index (Phi) is 6.29. The Bertz CT molecular complexity index is 447. The fourth-order valence-electron chi connectivity index (χ4n) is 1.39. The van der Waals surface area contributed by atoms with Crippen LogP contribution in [0.3, 0.4) is 0 Å². The molecular formula is C13H17F3N2O3. The molecule has 0 radical (unpaired) electrons. The maximum absolute atomic E-state index is 12.0. The number of rotatable bonds is 6. The number of anilines is 1. The van der Waals surface area contributed by atoms with Crippen LogP contribution in [-0.4, -0.2) is 31.6 Å². The van der Waals surface area contributed by atoms with E-state index in [2.05, 4.69) is 15.4 Å². The molecule has 1 aromatic rings. The summed E-state index contributed by atoms with van der Waals surface area (Å²) < 4.78 is 44.5. The smallest absolute Gasteiger partial charge is 0.448 e. The molecule has 0 heterocycles. The largest absolute Gasteiger partial charge is 0.573 e. The highest BCUT2D eigenvalue weighted by atomic mass is 19.4. The van der Waals surface area contributed by atoms with Gasteiger partial charge in [0.15, 0.2) is 0 Å². The van der Waals surface area contributed by atoms with Crippen LogP contribution in [0.25, 0.3) is 0 Å². The minimum Gasteiger partial charge on any atom is -0.448 e. The highest BCUT2D eigenvalue weighted by molar-refractivity contribution is 5.84. The van der Waals surface area contributed by atoms with Gasteiger partial charge in [0.05, 0.1) is 0 Å². The van der Waals surface area contributed by atoms with Crippen LogP contribution in [0.5, 0.6) is 5.75 Å². The van der Waals surface area contributed by atoms with E-state index in [0.717, 1.165) is 12.1 Å². The number of carbonyl (C=O) groups is 1. The first kappa shape index (κ1) is 17.1. The molecule has 5 nitrogen and oxygen atoms in total. The van der Waals surface area contributed by atoms with Crippen LogP contribution in [0.15, 0.2) is 24.3 Å². The standard InChI is InChI=1S/C13H17F3N2O3/c1-9(2)17-7-8-20-12(19)18-10-3-5-11(6-4-10)21-13(14,15)16/h3-6,9,17H,7-8H2,1-2H3,(H,18,19). The van der Waals surface area contributed by atoms with E-state index in [1.807, 2.05) is 13.8 Å². The van der Waals surface area contributed by atoms with Crippen LogP contribution < -0.4 is 15.4 Å². The van der Waals surface area contributed by atoms with E-state index in [0.29, 0.717) is 12.2 Å². The summed E-state index contributed by atoms with van der Waals surface area (Å²) in [5.74, 6) is -0.359. The summed E-state index contributed by atoms with van der Waals surface area (Å²) in [5.41, 5.74) is 0.311. The van der Waals surface area contributed by atoms with Gasteiger partial charge in [-0.25, -0.2) is 4.79 Å². The van der Waals surface area contributed by atoms with Crippen molar-refractivity contribution in [3.05, 3.63) is 24.3 Å². The third-order valence-corrected chi connectivity index (χ3v) is 2.22. The number of carbonyl (C=O) groups excluding carboxylic acids is 1. The number of alkyl halides is 3. The Balaban J connectivity index is 2.36. The molecule has 0 atom stereocenters. The molecule has 0 aliphatic heterocycles. The van der Waals surface area contributed by atoms with Crippen LogP contribution in [-0.2, 0) is 4.74 Å². The second-order valence-corrected chi connectivity index (χ2v) is 4.44. The van der Waals surface area contributed by atoms with E-state index in [1.54, 1.807) is 0 Å². The van der Waals surface area contributed by atoms with Gasteiger partial charge in [0.1, 0.15) is 12.4 Å². The summed E-state index contributed by atoms with van der Waals surface area (Å²) in [5, 5.41) is 5.46. The van der Waals surface area contributed by atoms with Crippen molar-refractivity contribution in [3.8, 4) is 5.75 Å². The molecule has 0 aliphatic carbocycles. The third-order valence-electron chi connectivity index (χ3n) is 2.22. The van der Waals surface area contributed by atoms with Gasteiger partial charge < -0.3 is 14.8 Å². The molecule has 0 saturated heterocycles. The van der Waals surface area contributed by atoms with Gasteiger partial charge in [0.25, 0.3) is 0 Å². The monoisotopic (exact) mass is 306 g/mol. The normalized spacial score (nSPS) is 11.3. The van der Waals surface area contributed by atoms with E-state index in [-0.39, 0.29) is 18.4 Å². The maximum Gasteiger partial charge on any atom is 0.573 e. The Morgan fingerprint density at radius 3 is 2.38 bits per heavy atom. The maximum atomic E-state index is 12.0. The van der Waals surface area contributed by atoms with Gasteiger partial charge in [-0.15, -0.1) is 13.2 Å². The highest BCUT2D eigenvalue weighted by Crippen LogP contribution is 2.23. The fraction of sp³-hybridized carbons (Fsp3) is 0.462. The molecule has 8 heteroatoms. The summed E-state index contributed by atoms with van der Waals surface area (Å²) in [6.07, 6.45) is -5.41. The first-order chi connectivity index (χ1) is 9.76. The summed E-state index contributed by atoms with van der Waals surface area (Å²) in [7, 11) is 0. The number of nitrogens with one attached hydrogen (secondary N) is 2. The topological polar surface area (TPSA) is 59.6 Å². The van der Waals surface area contributed by atoms with Crippen LogP contribution in [0, 0.1) is 0 Å². The molecule has 118 valence electrons. The average Bonchev–Trinajstić information content (AvgIpc) is 2.35.